The highest BCUT2D eigenvalue weighted by Gasteiger charge is 2.13. The Morgan fingerprint density at radius 3 is 2.52 bits per heavy atom. The van der Waals surface area contributed by atoms with Crippen molar-refractivity contribution in [2.45, 2.75) is 25.7 Å². The molecule has 1 amide bonds. The first-order chi connectivity index (χ1) is 15.1. The molecule has 0 radical (unpaired) electrons. The summed E-state index contributed by atoms with van der Waals surface area (Å²) in [6.45, 7) is 0.995. The van der Waals surface area contributed by atoms with Crippen molar-refractivity contribution in [3.05, 3.63) is 59.8 Å². The molecule has 160 valence electrons. The Hall–Kier alpha value is -3.03. The second-order valence-electron chi connectivity index (χ2n) is 7.56. The topological polar surface area (TPSA) is 75.5 Å². The maximum Gasteiger partial charge on any atom is 0.251 e. The van der Waals surface area contributed by atoms with Gasteiger partial charge in [-0.15, -0.1) is 0 Å². The van der Waals surface area contributed by atoms with Crippen LogP contribution in [0.15, 0.2) is 48.7 Å². The molecule has 0 fully saturated rings. The molecule has 0 aliphatic heterocycles. The summed E-state index contributed by atoms with van der Waals surface area (Å²) in [6, 6.07) is 13.3. The standard InChI is InChI=1S/C24H26N4O2S/c1-25-13-5-3-4-6-21(29)18-11-12-20-22(14-18)31-24-27-19(15-28(20)24)16-7-9-17(10-8-16)23(30)26-2/h7-12,14-15,25H,3-6,13H2,1-2H3,(H,26,30). The summed E-state index contributed by atoms with van der Waals surface area (Å²) in [5, 5.41) is 5.76. The first-order valence-corrected chi connectivity index (χ1v) is 11.3. The lowest BCUT2D eigenvalue weighted by atomic mass is 10.0. The predicted molar refractivity (Wildman–Crippen MR) is 126 cm³/mol. The van der Waals surface area contributed by atoms with Crippen LogP contribution in [0.2, 0.25) is 0 Å². The number of nitrogens with zero attached hydrogens (tertiary/aromatic N) is 2. The van der Waals surface area contributed by atoms with Crippen LogP contribution in [0.1, 0.15) is 46.4 Å². The highest BCUT2D eigenvalue weighted by atomic mass is 32.1. The Labute approximate surface area is 185 Å². The molecule has 7 heteroatoms. The van der Waals surface area contributed by atoms with E-state index in [0.717, 1.165) is 57.8 Å². The summed E-state index contributed by atoms with van der Waals surface area (Å²) < 4.78 is 3.12. The number of rotatable bonds is 9. The quantitative estimate of drug-likeness (QED) is 0.300. The number of benzene rings is 2. The number of fused-ring (bicyclic) bond motifs is 3. The molecule has 2 N–H and O–H groups in total. The van der Waals surface area contributed by atoms with Crippen LogP contribution in [0.25, 0.3) is 26.4 Å². The zero-order valence-electron chi connectivity index (χ0n) is 17.8. The molecule has 4 rings (SSSR count). The Kier molecular flexibility index (Phi) is 6.44. The number of hydrogen-bond acceptors (Lipinski definition) is 5. The van der Waals surface area contributed by atoms with E-state index in [1.54, 1.807) is 30.5 Å². The Balaban J connectivity index is 1.52. The van der Waals surface area contributed by atoms with E-state index in [0.29, 0.717) is 12.0 Å². The first-order valence-electron chi connectivity index (χ1n) is 10.5. The second-order valence-corrected chi connectivity index (χ2v) is 8.57. The summed E-state index contributed by atoms with van der Waals surface area (Å²) in [4.78, 5) is 29.9. The molecule has 2 aromatic carbocycles. The van der Waals surface area contributed by atoms with Gasteiger partial charge in [-0.1, -0.05) is 29.9 Å². The van der Waals surface area contributed by atoms with Gasteiger partial charge in [-0.05, 0) is 56.8 Å². The zero-order valence-corrected chi connectivity index (χ0v) is 18.6. The van der Waals surface area contributed by atoms with Crippen LogP contribution in [0.5, 0.6) is 0 Å². The van der Waals surface area contributed by atoms with E-state index in [9.17, 15) is 9.59 Å². The number of hydrogen-bond donors (Lipinski definition) is 2. The minimum absolute atomic E-state index is 0.105. The third-order valence-electron chi connectivity index (χ3n) is 5.42. The lowest BCUT2D eigenvalue weighted by molar-refractivity contribution is 0.0960. The highest BCUT2D eigenvalue weighted by molar-refractivity contribution is 7.23. The van der Waals surface area contributed by atoms with Crippen LogP contribution in [0.3, 0.4) is 0 Å². The van der Waals surface area contributed by atoms with Gasteiger partial charge < -0.3 is 10.6 Å². The van der Waals surface area contributed by atoms with Gasteiger partial charge in [0.25, 0.3) is 5.91 Å². The number of imidazole rings is 1. The smallest absolute Gasteiger partial charge is 0.251 e. The van der Waals surface area contributed by atoms with E-state index in [-0.39, 0.29) is 11.7 Å². The van der Waals surface area contributed by atoms with Crippen LogP contribution < -0.4 is 10.6 Å². The van der Waals surface area contributed by atoms with Crippen molar-refractivity contribution in [3.8, 4) is 11.3 Å². The summed E-state index contributed by atoms with van der Waals surface area (Å²) in [6.07, 6.45) is 5.69. The van der Waals surface area contributed by atoms with E-state index >= 15 is 0 Å². The molecule has 2 aromatic heterocycles. The molecule has 2 heterocycles. The van der Waals surface area contributed by atoms with E-state index in [4.69, 9.17) is 4.98 Å². The van der Waals surface area contributed by atoms with Gasteiger partial charge in [0.05, 0.1) is 15.9 Å². The molecule has 0 atom stereocenters. The highest BCUT2D eigenvalue weighted by Crippen LogP contribution is 2.30. The van der Waals surface area contributed by atoms with Crippen molar-refractivity contribution in [1.82, 2.24) is 20.0 Å². The molecule has 0 unspecified atom stereocenters. The lowest BCUT2D eigenvalue weighted by Gasteiger charge is -2.02. The monoisotopic (exact) mass is 434 g/mol. The number of amides is 1. The molecule has 0 aliphatic carbocycles. The second kappa shape index (κ2) is 9.41. The van der Waals surface area contributed by atoms with Crippen molar-refractivity contribution in [2.75, 3.05) is 20.6 Å². The Bertz CT molecular complexity index is 1220. The molecule has 0 saturated carbocycles. The van der Waals surface area contributed by atoms with Crippen molar-refractivity contribution in [2.24, 2.45) is 0 Å². The Morgan fingerprint density at radius 2 is 1.77 bits per heavy atom. The van der Waals surface area contributed by atoms with E-state index < -0.39 is 0 Å². The lowest BCUT2D eigenvalue weighted by Crippen LogP contribution is -2.17. The number of carbonyl (C=O) groups excluding carboxylic acids is 2. The number of ketones is 1. The average molecular weight is 435 g/mol. The summed E-state index contributed by atoms with van der Waals surface area (Å²) in [5.41, 5.74) is 4.26. The van der Waals surface area contributed by atoms with Crippen molar-refractivity contribution in [3.63, 3.8) is 0 Å². The fraction of sp³-hybridized carbons (Fsp3) is 0.292. The number of carbonyl (C=O) groups is 2. The van der Waals surface area contributed by atoms with Crippen LogP contribution in [-0.2, 0) is 0 Å². The normalized spacial score (nSPS) is 11.3. The van der Waals surface area contributed by atoms with Crippen LogP contribution in [-0.4, -0.2) is 41.7 Å². The van der Waals surface area contributed by atoms with Gasteiger partial charge in [0, 0.05) is 36.4 Å². The molecule has 0 saturated heterocycles. The van der Waals surface area contributed by atoms with Crippen molar-refractivity contribution in [1.29, 1.82) is 0 Å². The fourth-order valence-corrected chi connectivity index (χ4v) is 4.71. The average Bonchev–Trinajstić information content (AvgIpc) is 3.36. The summed E-state index contributed by atoms with van der Waals surface area (Å²) in [7, 11) is 3.57. The molecule has 0 aliphatic rings. The molecule has 0 spiro atoms. The van der Waals surface area contributed by atoms with Gasteiger partial charge in [-0.25, -0.2) is 4.98 Å². The number of thiazole rings is 1. The molecular formula is C24H26N4O2S. The number of nitrogens with one attached hydrogen (secondary N) is 2. The van der Waals surface area contributed by atoms with Gasteiger partial charge in [-0.3, -0.25) is 14.0 Å². The fourth-order valence-electron chi connectivity index (χ4n) is 3.66. The minimum Gasteiger partial charge on any atom is -0.355 e. The molecule has 6 nitrogen and oxygen atoms in total. The maximum atomic E-state index is 12.5. The predicted octanol–water partition coefficient (Wildman–Crippen LogP) is 4.54. The number of unbranched alkanes of at least 4 members (excludes halogenated alkanes) is 2. The van der Waals surface area contributed by atoms with Gasteiger partial charge in [0.2, 0.25) is 0 Å². The summed E-state index contributed by atoms with van der Waals surface area (Å²) in [5.74, 6) is 0.0981. The SMILES string of the molecule is CNCCCCCC(=O)c1ccc2c(c1)sc1nc(-c3ccc(C(=O)NC)cc3)cn12. The molecular weight excluding hydrogens is 408 g/mol. The molecule has 4 aromatic rings. The number of aromatic nitrogens is 2. The van der Waals surface area contributed by atoms with E-state index in [2.05, 4.69) is 15.0 Å². The number of Topliss-reactive ketones (excluding diaryl/α,β-unsaturated/α-hetero) is 1. The maximum absolute atomic E-state index is 12.5. The summed E-state index contributed by atoms with van der Waals surface area (Å²) >= 11 is 1.58. The minimum atomic E-state index is -0.105. The van der Waals surface area contributed by atoms with Gasteiger partial charge in [0.15, 0.2) is 10.7 Å². The van der Waals surface area contributed by atoms with E-state index in [1.807, 2.05) is 43.6 Å². The zero-order chi connectivity index (χ0) is 21.8. The van der Waals surface area contributed by atoms with Gasteiger partial charge >= 0.3 is 0 Å². The largest absolute Gasteiger partial charge is 0.355 e. The third kappa shape index (κ3) is 4.52. The van der Waals surface area contributed by atoms with Crippen molar-refractivity contribution >= 4 is 38.2 Å². The van der Waals surface area contributed by atoms with Gasteiger partial charge in [0.1, 0.15) is 0 Å². The van der Waals surface area contributed by atoms with Crippen LogP contribution >= 0.6 is 11.3 Å². The first kappa shape index (κ1) is 21.2. The van der Waals surface area contributed by atoms with E-state index in [1.165, 1.54) is 0 Å². The Morgan fingerprint density at radius 1 is 1.00 bits per heavy atom. The molecule has 31 heavy (non-hydrogen) atoms. The van der Waals surface area contributed by atoms with Gasteiger partial charge in [-0.2, -0.15) is 0 Å². The third-order valence-corrected chi connectivity index (χ3v) is 6.43. The molecule has 0 bridgehead atoms. The van der Waals surface area contributed by atoms with Crippen LogP contribution in [0.4, 0.5) is 0 Å². The van der Waals surface area contributed by atoms with Crippen LogP contribution in [0, 0.1) is 0 Å². The van der Waals surface area contributed by atoms with Crippen molar-refractivity contribution < 1.29 is 9.59 Å².